The predicted molar refractivity (Wildman–Crippen MR) is 128 cm³/mol. The number of furan rings is 1. The van der Waals surface area contributed by atoms with Gasteiger partial charge in [-0.3, -0.25) is 9.59 Å². The van der Waals surface area contributed by atoms with E-state index >= 15 is 0 Å². The lowest BCUT2D eigenvalue weighted by molar-refractivity contribution is -0.138. The molecule has 0 aliphatic rings. The molecule has 3 aromatic rings. The summed E-state index contributed by atoms with van der Waals surface area (Å²) in [5.41, 5.74) is 1.31. The van der Waals surface area contributed by atoms with Crippen LogP contribution in [0.15, 0.2) is 76.9 Å². The number of ether oxygens (including phenoxy) is 1. The molecular formula is C27H26F3NO5. The summed E-state index contributed by atoms with van der Waals surface area (Å²) in [4.78, 5) is 25.0. The zero-order valence-electron chi connectivity index (χ0n) is 19.8. The number of carboxylic acid groups (broad SMARTS) is 1. The first-order valence-electron chi connectivity index (χ1n) is 11.1. The van der Waals surface area contributed by atoms with Gasteiger partial charge in [-0.1, -0.05) is 17.7 Å². The van der Waals surface area contributed by atoms with Crippen LogP contribution in [0.4, 0.5) is 13.2 Å². The van der Waals surface area contributed by atoms with E-state index in [1.807, 2.05) is 0 Å². The number of hydrogen-bond acceptors (Lipinski definition) is 4. The Morgan fingerprint density at radius 2 is 1.81 bits per heavy atom. The summed E-state index contributed by atoms with van der Waals surface area (Å²) in [6, 6.07) is 13.4. The summed E-state index contributed by atoms with van der Waals surface area (Å²) < 4.78 is 51.0. The molecule has 0 saturated heterocycles. The second-order valence-corrected chi connectivity index (χ2v) is 8.29. The molecular weight excluding hydrogens is 475 g/mol. The minimum atomic E-state index is -4.55. The Labute approximate surface area is 206 Å². The second-order valence-electron chi connectivity index (χ2n) is 8.29. The Morgan fingerprint density at radius 1 is 1.08 bits per heavy atom. The van der Waals surface area contributed by atoms with Crippen molar-refractivity contribution in [1.29, 1.82) is 0 Å². The van der Waals surface area contributed by atoms with Gasteiger partial charge < -0.3 is 19.2 Å². The highest BCUT2D eigenvalue weighted by molar-refractivity contribution is 5.94. The van der Waals surface area contributed by atoms with E-state index in [1.165, 1.54) is 18.0 Å². The van der Waals surface area contributed by atoms with Gasteiger partial charge in [0.05, 0.1) is 11.8 Å². The summed E-state index contributed by atoms with van der Waals surface area (Å²) in [6.07, 6.45) is -1.01. The number of alkyl halides is 3. The number of halogens is 3. The molecule has 9 heteroatoms. The number of hydrogen-bond donors (Lipinski definition) is 1. The normalized spacial score (nSPS) is 11.9. The van der Waals surface area contributed by atoms with Gasteiger partial charge in [0.2, 0.25) is 0 Å². The van der Waals surface area contributed by atoms with Crippen molar-refractivity contribution < 1.29 is 37.0 Å². The molecule has 0 aliphatic carbocycles. The molecule has 6 nitrogen and oxygen atoms in total. The lowest BCUT2D eigenvalue weighted by Gasteiger charge is -2.21. The Hall–Kier alpha value is -4.01. The predicted octanol–water partition coefficient (Wildman–Crippen LogP) is 6.43. The van der Waals surface area contributed by atoms with E-state index < -0.39 is 17.7 Å². The monoisotopic (exact) mass is 501 g/mol. The number of allylic oxidation sites excluding steroid dienone is 1. The first-order valence-corrected chi connectivity index (χ1v) is 11.1. The van der Waals surface area contributed by atoms with Crippen molar-refractivity contribution in [3.63, 3.8) is 0 Å². The number of nitrogens with zero attached hydrogens (tertiary/aromatic N) is 1. The molecule has 0 spiro atoms. The molecule has 1 amide bonds. The molecule has 0 bridgehead atoms. The van der Waals surface area contributed by atoms with E-state index in [0.29, 0.717) is 17.7 Å². The smallest absolute Gasteiger partial charge is 0.416 e. The van der Waals surface area contributed by atoms with E-state index in [1.54, 1.807) is 55.7 Å². The van der Waals surface area contributed by atoms with Crippen molar-refractivity contribution in [1.82, 2.24) is 4.90 Å². The van der Waals surface area contributed by atoms with Crippen LogP contribution in [0.25, 0.3) is 11.3 Å². The third kappa shape index (κ3) is 7.24. The molecule has 2 aromatic carbocycles. The van der Waals surface area contributed by atoms with E-state index in [9.17, 15) is 22.8 Å². The standard InChI is InChI=1S/C27H26F3NO5/c1-18(5-12-25(32)33)13-15-36-24-11-10-22(27(28,29)30)16-21(24)17-31(2)26(34)20-8-6-19(7-9-20)23-4-3-14-35-23/h3-4,6-11,13-14,16H,5,12,15,17H2,1-2H3,(H,32,33)/b18-13+. The maximum absolute atomic E-state index is 13.3. The number of carbonyl (C=O) groups excluding carboxylic acids is 1. The Morgan fingerprint density at radius 3 is 2.42 bits per heavy atom. The van der Waals surface area contributed by atoms with Gasteiger partial charge in [-0.25, -0.2) is 0 Å². The van der Waals surface area contributed by atoms with Crippen LogP contribution in [0.1, 0.15) is 41.3 Å². The fourth-order valence-electron chi connectivity index (χ4n) is 3.47. The molecule has 0 atom stereocenters. The summed E-state index contributed by atoms with van der Waals surface area (Å²) in [6.45, 7) is 1.69. The number of carbonyl (C=O) groups is 2. The topological polar surface area (TPSA) is 80.0 Å². The van der Waals surface area contributed by atoms with Gasteiger partial charge in [0.15, 0.2) is 0 Å². The first-order chi connectivity index (χ1) is 17.0. The van der Waals surface area contributed by atoms with Gasteiger partial charge in [0.25, 0.3) is 5.91 Å². The van der Waals surface area contributed by atoms with Crippen LogP contribution in [-0.2, 0) is 17.5 Å². The lowest BCUT2D eigenvalue weighted by Crippen LogP contribution is -2.26. The summed E-state index contributed by atoms with van der Waals surface area (Å²) in [5, 5.41) is 8.77. The third-order valence-electron chi connectivity index (χ3n) is 5.48. The number of benzene rings is 2. The van der Waals surface area contributed by atoms with Crippen LogP contribution >= 0.6 is 0 Å². The van der Waals surface area contributed by atoms with E-state index in [2.05, 4.69) is 0 Å². The minimum absolute atomic E-state index is 0.0245. The van der Waals surface area contributed by atoms with Crippen molar-refractivity contribution in [2.24, 2.45) is 0 Å². The van der Waals surface area contributed by atoms with Gasteiger partial charge >= 0.3 is 12.1 Å². The second kappa shape index (κ2) is 11.6. The number of amides is 1. The Bertz CT molecular complexity index is 1220. The SMILES string of the molecule is C/C(=C\COc1ccc(C(F)(F)F)cc1CN(C)C(=O)c1ccc(-c2ccco2)cc1)CCC(=O)O. The van der Waals surface area contributed by atoms with Gasteiger partial charge in [-0.2, -0.15) is 13.2 Å². The van der Waals surface area contributed by atoms with Crippen LogP contribution < -0.4 is 4.74 Å². The zero-order valence-corrected chi connectivity index (χ0v) is 19.8. The van der Waals surface area contributed by atoms with Crippen LogP contribution in [0.3, 0.4) is 0 Å². The highest BCUT2D eigenvalue weighted by atomic mass is 19.4. The number of rotatable bonds is 10. The molecule has 3 rings (SSSR count). The van der Waals surface area contributed by atoms with Gasteiger partial charge in [-0.05, 0) is 61.9 Å². The van der Waals surface area contributed by atoms with E-state index in [4.69, 9.17) is 14.3 Å². The summed E-state index contributed by atoms with van der Waals surface area (Å²) >= 11 is 0. The van der Waals surface area contributed by atoms with Gasteiger partial charge in [0, 0.05) is 36.7 Å². The van der Waals surface area contributed by atoms with Gasteiger partial charge in [-0.15, -0.1) is 0 Å². The molecule has 36 heavy (non-hydrogen) atoms. The molecule has 0 radical (unpaired) electrons. The average Bonchev–Trinajstić information content (AvgIpc) is 3.37. The Kier molecular flexibility index (Phi) is 8.58. The molecule has 1 heterocycles. The molecule has 0 aliphatic heterocycles. The third-order valence-corrected chi connectivity index (χ3v) is 5.48. The summed E-state index contributed by atoms with van der Waals surface area (Å²) in [7, 11) is 1.50. The van der Waals surface area contributed by atoms with Crippen LogP contribution in [0.5, 0.6) is 5.75 Å². The van der Waals surface area contributed by atoms with Crippen molar-refractivity contribution in [3.8, 4) is 17.1 Å². The molecule has 190 valence electrons. The summed E-state index contributed by atoms with van der Waals surface area (Å²) in [5.74, 6) is -0.427. The zero-order chi connectivity index (χ0) is 26.3. The quantitative estimate of drug-likeness (QED) is 0.324. The van der Waals surface area contributed by atoms with Crippen LogP contribution in [0, 0.1) is 0 Å². The molecule has 0 saturated carbocycles. The fourth-order valence-corrected chi connectivity index (χ4v) is 3.47. The highest BCUT2D eigenvalue weighted by Crippen LogP contribution is 2.33. The van der Waals surface area contributed by atoms with Crippen molar-refractivity contribution in [2.45, 2.75) is 32.5 Å². The first kappa shape index (κ1) is 26.6. The van der Waals surface area contributed by atoms with Crippen molar-refractivity contribution in [2.75, 3.05) is 13.7 Å². The lowest BCUT2D eigenvalue weighted by atomic mass is 10.1. The van der Waals surface area contributed by atoms with E-state index in [0.717, 1.165) is 23.3 Å². The minimum Gasteiger partial charge on any atom is -0.489 e. The van der Waals surface area contributed by atoms with Crippen LogP contribution in [0.2, 0.25) is 0 Å². The molecule has 1 aromatic heterocycles. The largest absolute Gasteiger partial charge is 0.489 e. The molecule has 0 unspecified atom stereocenters. The van der Waals surface area contributed by atoms with Crippen LogP contribution in [-0.4, -0.2) is 35.5 Å². The molecule has 1 N–H and O–H groups in total. The maximum Gasteiger partial charge on any atom is 0.416 e. The fraction of sp³-hybridized carbons (Fsp3) is 0.259. The highest BCUT2D eigenvalue weighted by Gasteiger charge is 2.31. The Balaban J connectivity index is 1.75. The molecule has 0 fully saturated rings. The van der Waals surface area contributed by atoms with Gasteiger partial charge in [0.1, 0.15) is 18.1 Å². The van der Waals surface area contributed by atoms with Crippen molar-refractivity contribution >= 4 is 11.9 Å². The van der Waals surface area contributed by atoms with E-state index in [-0.39, 0.29) is 36.8 Å². The number of carboxylic acids is 1. The maximum atomic E-state index is 13.3. The van der Waals surface area contributed by atoms with Crippen molar-refractivity contribution in [3.05, 3.63) is 89.2 Å². The number of aliphatic carboxylic acids is 1. The average molecular weight is 502 g/mol.